The number of aryl methyl sites for hydroxylation is 1. The molecule has 3 heteroatoms. The van der Waals surface area contributed by atoms with Gasteiger partial charge in [0, 0.05) is 25.5 Å². The van der Waals surface area contributed by atoms with Crippen molar-refractivity contribution in [2.45, 2.75) is 6.92 Å². The van der Waals surface area contributed by atoms with Crippen molar-refractivity contribution < 1.29 is 4.39 Å². The fourth-order valence-corrected chi connectivity index (χ4v) is 1.34. The van der Waals surface area contributed by atoms with Crippen LogP contribution in [-0.4, -0.2) is 14.1 Å². The van der Waals surface area contributed by atoms with Gasteiger partial charge in [0.05, 0.1) is 0 Å². The normalized spacial score (nSPS) is 9.33. The minimum atomic E-state index is -0.241. The molecule has 0 bridgehead atoms. The van der Waals surface area contributed by atoms with Crippen LogP contribution in [-0.2, 0) is 0 Å². The number of hydrogen-bond donors (Lipinski definition) is 1. The maximum absolute atomic E-state index is 12.5. The van der Waals surface area contributed by atoms with Gasteiger partial charge in [0.1, 0.15) is 5.82 Å². The second kappa shape index (κ2) is 6.64. The molecule has 2 aromatic carbocycles. The molecule has 0 aliphatic rings. The Labute approximate surface area is 108 Å². The maximum atomic E-state index is 12.5. The zero-order chi connectivity index (χ0) is 13.5. The Morgan fingerprint density at radius 3 is 2.00 bits per heavy atom. The number of hydrogen-bond acceptors (Lipinski definition) is 2. The average Bonchev–Trinajstić information content (AvgIpc) is 2.36. The number of nitrogen functional groups attached to an aromatic ring is 1. The van der Waals surface area contributed by atoms with Crippen molar-refractivity contribution in [3.05, 3.63) is 59.9 Å². The molecule has 2 rings (SSSR count). The molecule has 18 heavy (non-hydrogen) atoms. The monoisotopic (exact) mass is 246 g/mol. The molecule has 96 valence electrons. The second-order valence-electron chi connectivity index (χ2n) is 4.24. The van der Waals surface area contributed by atoms with E-state index in [0.717, 1.165) is 0 Å². The summed E-state index contributed by atoms with van der Waals surface area (Å²) in [7, 11) is 4.07. The van der Waals surface area contributed by atoms with Crippen molar-refractivity contribution in [3.8, 4) is 0 Å². The van der Waals surface area contributed by atoms with Gasteiger partial charge in [-0.3, -0.25) is 0 Å². The summed E-state index contributed by atoms with van der Waals surface area (Å²) in [6.07, 6.45) is 0. The van der Waals surface area contributed by atoms with Crippen molar-refractivity contribution in [2.24, 2.45) is 0 Å². The molecule has 0 saturated heterocycles. The smallest absolute Gasteiger partial charge is 0.128 e. The zero-order valence-corrected chi connectivity index (χ0v) is 11.0. The van der Waals surface area contributed by atoms with Crippen molar-refractivity contribution in [1.29, 1.82) is 0 Å². The lowest BCUT2D eigenvalue weighted by atomic mass is 10.2. The van der Waals surface area contributed by atoms with E-state index in [4.69, 9.17) is 5.73 Å². The van der Waals surface area contributed by atoms with E-state index in [1.807, 2.05) is 32.3 Å². The number of para-hydroxylation sites is 1. The van der Waals surface area contributed by atoms with Gasteiger partial charge in [0.25, 0.3) is 0 Å². The summed E-state index contributed by atoms with van der Waals surface area (Å²) in [5, 5.41) is 0. The number of rotatable bonds is 1. The Morgan fingerprint density at radius 1 is 1.00 bits per heavy atom. The van der Waals surface area contributed by atoms with Gasteiger partial charge < -0.3 is 10.6 Å². The highest BCUT2D eigenvalue weighted by Gasteiger charge is 1.93. The molecule has 2 nitrogen and oxygen atoms in total. The van der Waals surface area contributed by atoms with Crippen molar-refractivity contribution >= 4 is 11.4 Å². The first-order valence-corrected chi connectivity index (χ1v) is 5.74. The van der Waals surface area contributed by atoms with Gasteiger partial charge in [0.15, 0.2) is 0 Å². The first kappa shape index (κ1) is 14.0. The Bertz CT molecular complexity index is 481. The van der Waals surface area contributed by atoms with Crippen LogP contribution >= 0.6 is 0 Å². The Balaban J connectivity index is 0.000000180. The predicted octanol–water partition coefficient (Wildman–Crippen LogP) is 3.47. The molecular weight excluding hydrogens is 227 g/mol. The van der Waals surface area contributed by atoms with Gasteiger partial charge in [0.2, 0.25) is 0 Å². The minimum Gasteiger partial charge on any atom is -0.399 e. The van der Waals surface area contributed by atoms with Crippen LogP contribution in [0.2, 0.25) is 0 Å². The van der Waals surface area contributed by atoms with E-state index in [1.165, 1.54) is 11.8 Å². The summed E-state index contributed by atoms with van der Waals surface area (Å²) >= 11 is 0. The molecule has 0 aliphatic heterocycles. The summed E-state index contributed by atoms with van der Waals surface area (Å²) in [4.78, 5) is 2.08. The molecule has 2 aromatic rings. The fraction of sp³-hybridized carbons (Fsp3) is 0.200. The lowest BCUT2D eigenvalue weighted by Crippen LogP contribution is -2.07. The van der Waals surface area contributed by atoms with E-state index >= 15 is 0 Å². The molecule has 0 heterocycles. The highest BCUT2D eigenvalue weighted by molar-refractivity contribution is 5.43. The summed E-state index contributed by atoms with van der Waals surface area (Å²) in [6.45, 7) is 1.70. The van der Waals surface area contributed by atoms with Crippen LogP contribution in [0.1, 0.15) is 5.56 Å². The lowest BCUT2D eigenvalue weighted by molar-refractivity contribution is 0.619. The summed E-state index contributed by atoms with van der Waals surface area (Å²) in [5.74, 6) is -0.241. The van der Waals surface area contributed by atoms with E-state index in [-0.39, 0.29) is 5.82 Å². The number of halogens is 1. The van der Waals surface area contributed by atoms with Gasteiger partial charge >= 0.3 is 0 Å². The molecule has 0 amide bonds. The molecule has 2 N–H and O–H groups in total. The molecule has 0 saturated carbocycles. The molecule has 0 aromatic heterocycles. The van der Waals surface area contributed by atoms with Crippen LogP contribution in [0, 0.1) is 12.7 Å². The van der Waals surface area contributed by atoms with Crippen molar-refractivity contribution in [1.82, 2.24) is 0 Å². The third-order valence-corrected chi connectivity index (χ3v) is 2.47. The third-order valence-electron chi connectivity index (χ3n) is 2.47. The molecule has 0 radical (unpaired) electrons. The highest BCUT2D eigenvalue weighted by atomic mass is 19.1. The molecule has 0 aliphatic carbocycles. The lowest BCUT2D eigenvalue weighted by Gasteiger charge is -2.10. The first-order chi connectivity index (χ1) is 8.50. The van der Waals surface area contributed by atoms with Crippen LogP contribution in [0.4, 0.5) is 15.8 Å². The van der Waals surface area contributed by atoms with Crippen LogP contribution < -0.4 is 10.6 Å². The number of nitrogens with zero attached hydrogens (tertiary/aromatic N) is 1. The second-order valence-corrected chi connectivity index (χ2v) is 4.24. The van der Waals surface area contributed by atoms with Gasteiger partial charge in [-0.2, -0.15) is 0 Å². The summed E-state index contributed by atoms with van der Waals surface area (Å²) in [6, 6.07) is 14.9. The van der Waals surface area contributed by atoms with E-state index < -0.39 is 0 Å². The summed E-state index contributed by atoms with van der Waals surface area (Å²) in [5.41, 5.74) is 7.63. The molecule has 0 fully saturated rings. The van der Waals surface area contributed by atoms with Crippen LogP contribution in [0.25, 0.3) is 0 Å². The Kier molecular flexibility index (Phi) is 5.18. The standard InChI is InChI=1S/C8H11N.C7H8FN/c1-9(2)8-6-4-3-5-7-8;1-5-2-3-6(9)4-7(5)8/h3-7H,1-2H3;2-4H,9H2,1H3. The van der Waals surface area contributed by atoms with Gasteiger partial charge in [-0.1, -0.05) is 24.3 Å². The van der Waals surface area contributed by atoms with E-state index in [9.17, 15) is 4.39 Å². The Morgan fingerprint density at radius 2 is 1.61 bits per heavy atom. The number of nitrogens with two attached hydrogens (primary N) is 1. The molecule has 0 spiro atoms. The number of benzene rings is 2. The van der Waals surface area contributed by atoms with Crippen molar-refractivity contribution in [2.75, 3.05) is 24.7 Å². The number of anilines is 2. The maximum Gasteiger partial charge on any atom is 0.128 e. The fourth-order valence-electron chi connectivity index (χ4n) is 1.34. The third kappa shape index (κ3) is 4.45. The quantitative estimate of drug-likeness (QED) is 0.781. The molecule has 0 atom stereocenters. The van der Waals surface area contributed by atoms with E-state index in [0.29, 0.717) is 11.3 Å². The topological polar surface area (TPSA) is 29.3 Å². The van der Waals surface area contributed by atoms with E-state index in [1.54, 1.807) is 19.1 Å². The Hall–Kier alpha value is -2.03. The summed E-state index contributed by atoms with van der Waals surface area (Å²) < 4.78 is 12.5. The van der Waals surface area contributed by atoms with Crippen LogP contribution in [0.5, 0.6) is 0 Å². The van der Waals surface area contributed by atoms with Crippen LogP contribution in [0.15, 0.2) is 48.5 Å². The average molecular weight is 246 g/mol. The van der Waals surface area contributed by atoms with E-state index in [2.05, 4.69) is 17.0 Å². The molecule has 0 unspecified atom stereocenters. The van der Waals surface area contributed by atoms with Crippen molar-refractivity contribution in [3.63, 3.8) is 0 Å². The first-order valence-electron chi connectivity index (χ1n) is 5.74. The minimum absolute atomic E-state index is 0.241. The molecular formula is C15H19FN2. The van der Waals surface area contributed by atoms with Crippen LogP contribution in [0.3, 0.4) is 0 Å². The van der Waals surface area contributed by atoms with Gasteiger partial charge in [-0.25, -0.2) is 4.39 Å². The predicted molar refractivity (Wildman–Crippen MR) is 76.3 cm³/mol. The largest absolute Gasteiger partial charge is 0.399 e. The van der Waals surface area contributed by atoms with Gasteiger partial charge in [-0.05, 0) is 36.8 Å². The van der Waals surface area contributed by atoms with Gasteiger partial charge in [-0.15, -0.1) is 0 Å². The SMILES string of the molecule is CN(C)c1ccccc1.Cc1ccc(N)cc1F. The highest BCUT2D eigenvalue weighted by Crippen LogP contribution is 2.09. The zero-order valence-electron chi connectivity index (χ0n) is 11.0.